The summed E-state index contributed by atoms with van der Waals surface area (Å²) in [6.45, 7) is 1.72. The molecule has 1 saturated carbocycles. The Bertz CT molecular complexity index is 859. The molecule has 1 N–H and O–H groups in total. The van der Waals surface area contributed by atoms with Crippen molar-refractivity contribution in [3.63, 3.8) is 0 Å². The quantitative estimate of drug-likeness (QED) is 0.884. The molecule has 1 aliphatic heterocycles. The highest BCUT2D eigenvalue weighted by molar-refractivity contribution is 5.97. The van der Waals surface area contributed by atoms with E-state index in [9.17, 15) is 4.79 Å². The van der Waals surface area contributed by atoms with Crippen molar-refractivity contribution in [1.82, 2.24) is 15.1 Å². The predicted molar refractivity (Wildman–Crippen MR) is 107 cm³/mol. The van der Waals surface area contributed by atoms with Crippen molar-refractivity contribution >= 4 is 12.0 Å². The number of rotatable bonds is 3. The van der Waals surface area contributed by atoms with Crippen molar-refractivity contribution in [1.29, 1.82) is 0 Å². The standard InChI is InChI=1S/C23H27N3O/c27-22(26-14-7-15-26)21-19-12-13-23(16-20(19)24-25-21,17-8-3-1-4-9-17)18-10-5-2-6-11-18/h1,3-4,8-9,12-13,18H,2,5-7,10-11,14-16H2,(H,24,25). The van der Waals surface area contributed by atoms with E-state index in [2.05, 4.69) is 52.7 Å². The molecule has 2 aromatic rings. The Morgan fingerprint density at radius 3 is 2.56 bits per heavy atom. The lowest BCUT2D eigenvalue weighted by Crippen LogP contribution is -2.42. The van der Waals surface area contributed by atoms with Gasteiger partial charge in [0.05, 0.1) is 0 Å². The maximum Gasteiger partial charge on any atom is 0.274 e. The normalized spacial score (nSPS) is 25.1. The first-order valence-corrected chi connectivity index (χ1v) is 10.4. The van der Waals surface area contributed by atoms with E-state index in [0.29, 0.717) is 11.6 Å². The molecule has 0 bridgehead atoms. The molecule has 1 amide bonds. The van der Waals surface area contributed by atoms with Gasteiger partial charge < -0.3 is 4.90 Å². The number of hydrogen-bond acceptors (Lipinski definition) is 2. The number of aromatic nitrogens is 2. The first-order chi connectivity index (χ1) is 13.3. The van der Waals surface area contributed by atoms with Crippen molar-refractivity contribution in [2.24, 2.45) is 5.92 Å². The highest BCUT2D eigenvalue weighted by Crippen LogP contribution is 2.47. The molecular formula is C23H27N3O. The highest BCUT2D eigenvalue weighted by Gasteiger charge is 2.42. The molecule has 4 nitrogen and oxygen atoms in total. The van der Waals surface area contributed by atoms with Gasteiger partial charge in [-0.05, 0) is 30.7 Å². The monoisotopic (exact) mass is 361 g/mol. The molecule has 5 rings (SSSR count). The fraction of sp³-hybridized carbons (Fsp3) is 0.478. The molecule has 1 aromatic heterocycles. The second-order valence-electron chi connectivity index (χ2n) is 8.36. The van der Waals surface area contributed by atoms with Gasteiger partial charge in [0, 0.05) is 36.2 Å². The second kappa shape index (κ2) is 6.66. The molecule has 140 valence electrons. The maximum absolute atomic E-state index is 12.7. The summed E-state index contributed by atoms with van der Waals surface area (Å²) in [5, 5.41) is 7.66. The third-order valence-electron chi connectivity index (χ3n) is 6.89. The topological polar surface area (TPSA) is 49.0 Å². The Labute approximate surface area is 160 Å². The van der Waals surface area contributed by atoms with Crippen LogP contribution in [0.4, 0.5) is 0 Å². The van der Waals surface area contributed by atoms with Crippen molar-refractivity contribution < 1.29 is 4.79 Å². The van der Waals surface area contributed by atoms with Gasteiger partial charge in [0.25, 0.3) is 5.91 Å². The SMILES string of the molecule is O=C(c1n[nH]c2c1C=CC(c1ccccc1)(C1CCCCC1)C2)N1CCC1. The van der Waals surface area contributed by atoms with Gasteiger partial charge >= 0.3 is 0 Å². The van der Waals surface area contributed by atoms with Crippen LogP contribution in [0.1, 0.15) is 65.8 Å². The first kappa shape index (κ1) is 16.8. The van der Waals surface area contributed by atoms with Crippen LogP contribution in [-0.4, -0.2) is 34.1 Å². The number of fused-ring (bicyclic) bond motifs is 1. The van der Waals surface area contributed by atoms with E-state index in [1.807, 2.05) is 4.90 Å². The number of allylic oxidation sites excluding steroid dienone is 1. The number of carbonyl (C=O) groups excluding carboxylic acids is 1. The molecule has 3 aliphatic rings. The van der Waals surface area contributed by atoms with E-state index >= 15 is 0 Å². The summed E-state index contributed by atoms with van der Waals surface area (Å²) < 4.78 is 0. The van der Waals surface area contributed by atoms with Gasteiger partial charge in [-0.2, -0.15) is 5.10 Å². The van der Waals surface area contributed by atoms with Crippen molar-refractivity contribution in [2.45, 2.75) is 50.4 Å². The minimum absolute atomic E-state index is 0.0122. The number of carbonyl (C=O) groups is 1. The number of amides is 1. The van der Waals surface area contributed by atoms with Gasteiger partial charge in [-0.1, -0.05) is 61.7 Å². The maximum atomic E-state index is 12.7. The van der Waals surface area contributed by atoms with Gasteiger partial charge in [0.1, 0.15) is 0 Å². The Kier molecular flexibility index (Phi) is 4.14. The summed E-state index contributed by atoms with van der Waals surface area (Å²) in [4.78, 5) is 14.6. The van der Waals surface area contributed by atoms with E-state index in [1.165, 1.54) is 37.7 Å². The molecule has 1 aromatic carbocycles. The third-order valence-corrected chi connectivity index (χ3v) is 6.89. The lowest BCUT2D eigenvalue weighted by Gasteiger charge is -2.43. The Morgan fingerprint density at radius 1 is 1.07 bits per heavy atom. The van der Waals surface area contributed by atoms with Crippen molar-refractivity contribution in [3.05, 3.63) is 58.9 Å². The van der Waals surface area contributed by atoms with E-state index in [4.69, 9.17) is 0 Å². The number of H-pyrrole nitrogens is 1. The lowest BCUT2D eigenvalue weighted by atomic mass is 9.61. The van der Waals surface area contributed by atoms with Crippen LogP contribution in [0, 0.1) is 5.92 Å². The molecule has 1 atom stereocenters. The van der Waals surface area contributed by atoms with Gasteiger partial charge in [0.2, 0.25) is 0 Å². The molecule has 1 unspecified atom stereocenters. The fourth-order valence-corrected chi connectivity index (χ4v) is 5.20. The highest BCUT2D eigenvalue weighted by atomic mass is 16.2. The van der Waals surface area contributed by atoms with Crippen LogP contribution in [0.15, 0.2) is 36.4 Å². The van der Waals surface area contributed by atoms with Crippen LogP contribution < -0.4 is 0 Å². The molecule has 2 fully saturated rings. The van der Waals surface area contributed by atoms with Crippen LogP contribution >= 0.6 is 0 Å². The van der Waals surface area contributed by atoms with Gasteiger partial charge in [0.15, 0.2) is 5.69 Å². The zero-order valence-electron chi connectivity index (χ0n) is 15.8. The molecule has 27 heavy (non-hydrogen) atoms. The predicted octanol–water partition coefficient (Wildman–Crippen LogP) is 4.34. The first-order valence-electron chi connectivity index (χ1n) is 10.4. The van der Waals surface area contributed by atoms with E-state index < -0.39 is 0 Å². The van der Waals surface area contributed by atoms with E-state index in [1.54, 1.807) is 0 Å². The minimum Gasteiger partial charge on any atom is -0.337 e. The summed E-state index contributed by atoms with van der Waals surface area (Å²) in [5.41, 5.74) is 4.14. The van der Waals surface area contributed by atoms with E-state index in [0.717, 1.165) is 37.2 Å². The Morgan fingerprint density at radius 2 is 1.85 bits per heavy atom. The van der Waals surface area contributed by atoms with Crippen LogP contribution in [0.3, 0.4) is 0 Å². The molecule has 2 aliphatic carbocycles. The Balaban J connectivity index is 1.53. The molecule has 2 heterocycles. The smallest absolute Gasteiger partial charge is 0.274 e. The number of likely N-dealkylation sites (tertiary alicyclic amines) is 1. The number of nitrogens with zero attached hydrogens (tertiary/aromatic N) is 2. The number of benzene rings is 1. The second-order valence-corrected chi connectivity index (χ2v) is 8.36. The van der Waals surface area contributed by atoms with Crippen molar-refractivity contribution in [3.8, 4) is 0 Å². The molecular weight excluding hydrogens is 334 g/mol. The van der Waals surface area contributed by atoms with E-state index in [-0.39, 0.29) is 11.3 Å². The number of hydrogen-bond donors (Lipinski definition) is 1. The van der Waals surface area contributed by atoms with Crippen LogP contribution in [0.5, 0.6) is 0 Å². The number of nitrogens with one attached hydrogen (secondary N) is 1. The Hall–Kier alpha value is -2.36. The fourth-order valence-electron chi connectivity index (χ4n) is 5.20. The largest absolute Gasteiger partial charge is 0.337 e. The summed E-state index contributed by atoms with van der Waals surface area (Å²) in [6.07, 6.45) is 13.1. The average Bonchev–Trinajstić information content (AvgIpc) is 3.11. The van der Waals surface area contributed by atoms with Gasteiger partial charge in [-0.25, -0.2) is 0 Å². The zero-order valence-corrected chi connectivity index (χ0v) is 15.8. The number of aromatic amines is 1. The lowest BCUT2D eigenvalue weighted by molar-refractivity contribution is 0.0645. The molecule has 4 heteroatoms. The summed E-state index contributed by atoms with van der Waals surface area (Å²) in [6, 6.07) is 10.9. The zero-order chi connectivity index (χ0) is 18.3. The molecule has 1 saturated heterocycles. The molecule has 0 radical (unpaired) electrons. The minimum atomic E-state index is 0.0122. The van der Waals surface area contributed by atoms with Gasteiger partial charge in [-0.3, -0.25) is 9.89 Å². The molecule has 0 spiro atoms. The van der Waals surface area contributed by atoms with Crippen LogP contribution in [0.2, 0.25) is 0 Å². The van der Waals surface area contributed by atoms with Gasteiger partial charge in [-0.15, -0.1) is 0 Å². The van der Waals surface area contributed by atoms with Crippen molar-refractivity contribution in [2.75, 3.05) is 13.1 Å². The summed E-state index contributed by atoms with van der Waals surface area (Å²) >= 11 is 0. The third kappa shape index (κ3) is 2.73. The average molecular weight is 361 g/mol. The van der Waals surface area contributed by atoms with Crippen LogP contribution in [0.25, 0.3) is 6.08 Å². The summed E-state index contributed by atoms with van der Waals surface area (Å²) in [5.74, 6) is 0.726. The summed E-state index contributed by atoms with van der Waals surface area (Å²) in [7, 11) is 0. The van der Waals surface area contributed by atoms with Crippen LogP contribution in [-0.2, 0) is 11.8 Å².